The van der Waals surface area contributed by atoms with E-state index in [9.17, 15) is 13.2 Å². The van der Waals surface area contributed by atoms with Gasteiger partial charge in [0, 0.05) is 32.9 Å². The molecule has 2 heterocycles. The number of sulfone groups is 1. The Kier molecular flexibility index (Phi) is 3.96. The van der Waals surface area contributed by atoms with Gasteiger partial charge in [-0.25, -0.2) is 8.42 Å². The maximum Gasteiger partial charge on any atom is 0.239 e. The second kappa shape index (κ2) is 5.17. The minimum absolute atomic E-state index is 0.0238. The molecule has 2 rings (SSSR count). The zero-order chi connectivity index (χ0) is 13.3. The Labute approximate surface area is 109 Å². The number of nitrogens with zero attached hydrogens (tertiary/aromatic N) is 2. The van der Waals surface area contributed by atoms with Gasteiger partial charge in [-0.15, -0.1) is 0 Å². The molecule has 0 aromatic heterocycles. The smallest absolute Gasteiger partial charge is 0.239 e. The molecule has 5 nitrogen and oxygen atoms in total. The third kappa shape index (κ3) is 2.85. The molecule has 0 aromatic rings. The summed E-state index contributed by atoms with van der Waals surface area (Å²) in [5.74, 6) is 0.194. The number of likely N-dealkylation sites (N-methyl/N-ethyl adjacent to an activating group) is 1. The Bertz CT molecular complexity index is 413. The van der Waals surface area contributed by atoms with Gasteiger partial charge in [-0.1, -0.05) is 0 Å². The average molecular weight is 274 g/mol. The van der Waals surface area contributed by atoms with E-state index in [1.165, 1.54) is 6.26 Å². The Balaban J connectivity index is 1.95. The quantitative estimate of drug-likeness (QED) is 0.717. The lowest BCUT2D eigenvalue weighted by molar-refractivity contribution is -0.139. The van der Waals surface area contributed by atoms with Crippen LogP contribution in [0.4, 0.5) is 0 Å². The molecule has 104 valence electrons. The van der Waals surface area contributed by atoms with Crippen molar-refractivity contribution >= 4 is 15.7 Å². The maximum atomic E-state index is 12.1. The molecule has 0 aromatic carbocycles. The van der Waals surface area contributed by atoms with E-state index in [2.05, 4.69) is 4.90 Å². The van der Waals surface area contributed by atoms with E-state index < -0.39 is 9.84 Å². The lowest BCUT2D eigenvalue weighted by atomic mass is 10.0. The van der Waals surface area contributed by atoms with Crippen LogP contribution in [-0.4, -0.2) is 68.4 Å². The van der Waals surface area contributed by atoms with Crippen LogP contribution in [0, 0.1) is 0 Å². The van der Waals surface area contributed by atoms with Crippen molar-refractivity contribution in [2.45, 2.75) is 37.0 Å². The summed E-state index contributed by atoms with van der Waals surface area (Å²) < 4.78 is 23.0. The highest BCUT2D eigenvalue weighted by Gasteiger charge is 2.35. The van der Waals surface area contributed by atoms with Crippen molar-refractivity contribution < 1.29 is 13.2 Å². The number of carbonyl (C=O) groups is 1. The van der Waals surface area contributed by atoms with Crippen molar-refractivity contribution in [1.29, 1.82) is 0 Å². The molecular formula is C12H22N2O3S. The van der Waals surface area contributed by atoms with Crippen LogP contribution in [0.1, 0.15) is 25.7 Å². The first-order chi connectivity index (χ1) is 8.39. The van der Waals surface area contributed by atoms with Crippen LogP contribution in [0.25, 0.3) is 0 Å². The molecule has 6 heteroatoms. The van der Waals surface area contributed by atoms with Gasteiger partial charge < -0.3 is 4.90 Å². The largest absolute Gasteiger partial charge is 0.344 e. The van der Waals surface area contributed by atoms with E-state index in [1.807, 2.05) is 7.05 Å². The second-order valence-electron chi connectivity index (χ2n) is 5.48. The van der Waals surface area contributed by atoms with Crippen molar-refractivity contribution in [2.75, 3.05) is 32.9 Å². The summed E-state index contributed by atoms with van der Waals surface area (Å²) in [6.45, 7) is 2.29. The molecule has 0 N–H and O–H groups in total. The number of rotatable bonds is 2. The molecule has 2 aliphatic rings. The summed E-state index contributed by atoms with van der Waals surface area (Å²) in [4.78, 5) is 16.0. The summed E-state index contributed by atoms with van der Waals surface area (Å²) >= 11 is 0. The van der Waals surface area contributed by atoms with E-state index in [1.54, 1.807) is 4.90 Å². The SMILES string of the molecule is CN1CCCC(N2CCC(S(C)(=O)=O)CC2)C1=O. The van der Waals surface area contributed by atoms with E-state index in [0.717, 1.165) is 32.5 Å². The van der Waals surface area contributed by atoms with Crippen molar-refractivity contribution in [2.24, 2.45) is 0 Å². The molecule has 1 amide bonds. The highest BCUT2D eigenvalue weighted by Crippen LogP contribution is 2.23. The van der Waals surface area contributed by atoms with Gasteiger partial charge in [0.2, 0.25) is 5.91 Å². The van der Waals surface area contributed by atoms with Crippen LogP contribution in [0.15, 0.2) is 0 Å². The zero-order valence-corrected chi connectivity index (χ0v) is 11.9. The maximum absolute atomic E-state index is 12.1. The second-order valence-corrected chi connectivity index (χ2v) is 7.81. The Morgan fingerprint density at radius 3 is 2.28 bits per heavy atom. The fraction of sp³-hybridized carbons (Fsp3) is 0.917. The predicted octanol–water partition coefficient (Wildman–Crippen LogP) is 0.116. The number of hydrogen-bond donors (Lipinski definition) is 0. The monoisotopic (exact) mass is 274 g/mol. The van der Waals surface area contributed by atoms with Gasteiger partial charge in [0.15, 0.2) is 0 Å². The Morgan fingerprint density at radius 1 is 1.11 bits per heavy atom. The molecule has 0 bridgehead atoms. The van der Waals surface area contributed by atoms with E-state index >= 15 is 0 Å². The summed E-state index contributed by atoms with van der Waals surface area (Å²) in [6, 6.07) is -0.0238. The first kappa shape index (κ1) is 13.8. The normalized spacial score (nSPS) is 28.7. The molecule has 0 aliphatic carbocycles. The van der Waals surface area contributed by atoms with Crippen LogP contribution in [-0.2, 0) is 14.6 Å². The summed E-state index contributed by atoms with van der Waals surface area (Å²) in [7, 11) is -1.08. The zero-order valence-electron chi connectivity index (χ0n) is 11.1. The van der Waals surface area contributed by atoms with Crippen LogP contribution in [0.3, 0.4) is 0 Å². The third-order valence-corrected chi connectivity index (χ3v) is 5.84. The van der Waals surface area contributed by atoms with Gasteiger partial charge in [0.05, 0.1) is 11.3 Å². The van der Waals surface area contributed by atoms with Gasteiger partial charge in [-0.05, 0) is 25.7 Å². The minimum atomic E-state index is -2.93. The van der Waals surface area contributed by atoms with Crippen LogP contribution < -0.4 is 0 Å². The van der Waals surface area contributed by atoms with Crippen molar-refractivity contribution in [3.8, 4) is 0 Å². The lowest BCUT2D eigenvalue weighted by Crippen LogP contribution is -2.54. The molecule has 0 spiro atoms. The Hall–Kier alpha value is -0.620. The number of likely N-dealkylation sites (tertiary alicyclic amines) is 2. The van der Waals surface area contributed by atoms with E-state index in [4.69, 9.17) is 0 Å². The van der Waals surface area contributed by atoms with Crippen LogP contribution >= 0.6 is 0 Å². The molecule has 2 saturated heterocycles. The fourth-order valence-corrected chi connectivity index (χ4v) is 4.03. The molecule has 0 saturated carbocycles. The first-order valence-electron chi connectivity index (χ1n) is 6.57. The molecule has 1 unspecified atom stereocenters. The molecule has 2 fully saturated rings. The number of carbonyl (C=O) groups excluding carboxylic acids is 1. The van der Waals surface area contributed by atoms with Gasteiger partial charge in [-0.3, -0.25) is 9.69 Å². The minimum Gasteiger partial charge on any atom is -0.344 e. The molecule has 1 atom stereocenters. The predicted molar refractivity (Wildman–Crippen MR) is 70.1 cm³/mol. The molecule has 2 aliphatic heterocycles. The first-order valence-corrected chi connectivity index (χ1v) is 8.53. The van der Waals surface area contributed by atoms with Crippen molar-refractivity contribution in [3.63, 3.8) is 0 Å². The highest BCUT2D eigenvalue weighted by molar-refractivity contribution is 7.91. The molecule has 0 radical (unpaired) electrons. The average Bonchev–Trinajstić information content (AvgIpc) is 2.32. The van der Waals surface area contributed by atoms with Gasteiger partial charge >= 0.3 is 0 Å². The van der Waals surface area contributed by atoms with Crippen molar-refractivity contribution in [1.82, 2.24) is 9.80 Å². The fourth-order valence-electron chi connectivity index (χ4n) is 2.96. The standard InChI is InChI=1S/C12H22N2O3S/c1-13-7-3-4-11(12(13)15)14-8-5-10(6-9-14)18(2,16)17/h10-11H,3-9H2,1-2H3. The molecular weight excluding hydrogens is 252 g/mol. The molecule has 18 heavy (non-hydrogen) atoms. The van der Waals surface area contributed by atoms with Gasteiger partial charge in [0.1, 0.15) is 9.84 Å². The third-order valence-electron chi connectivity index (χ3n) is 4.16. The number of hydrogen-bond acceptors (Lipinski definition) is 4. The summed E-state index contributed by atoms with van der Waals surface area (Å²) in [5, 5.41) is -0.217. The van der Waals surface area contributed by atoms with Gasteiger partial charge in [-0.2, -0.15) is 0 Å². The van der Waals surface area contributed by atoms with Gasteiger partial charge in [0.25, 0.3) is 0 Å². The highest BCUT2D eigenvalue weighted by atomic mass is 32.2. The lowest BCUT2D eigenvalue weighted by Gasteiger charge is -2.40. The summed E-state index contributed by atoms with van der Waals surface area (Å²) in [5.41, 5.74) is 0. The summed E-state index contributed by atoms with van der Waals surface area (Å²) in [6.07, 6.45) is 4.58. The van der Waals surface area contributed by atoms with Crippen molar-refractivity contribution in [3.05, 3.63) is 0 Å². The number of piperidine rings is 2. The number of amides is 1. The van der Waals surface area contributed by atoms with E-state index in [0.29, 0.717) is 12.8 Å². The van der Waals surface area contributed by atoms with Crippen LogP contribution in [0.2, 0.25) is 0 Å². The van der Waals surface area contributed by atoms with Crippen LogP contribution in [0.5, 0.6) is 0 Å². The topological polar surface area (TPSA) is 57.7 Å². The Morgan fingerprint density at radius 2 is 1.72 bits per heavy atom. The van der Waals surface area contributed by atoms with E-state index in [-0.39, 0.29) is 17.2 Å².